The maximum atomic E-state index is 12.4. The highest BCUT2D eigenvalue weighted by Gasteiger charge is 2.32. The average molecular weight is 374 g/mol. The van der Waals surface area contributed by atoms with Crippen molar-refractivity contribution in [3.63, 3.8) is 0 Å². The number of anilines is 2. The Morgan fingerprint density at radius 3 is 2.81 bits per heavy atom. The largest absolute Gasteiger partial charge is 0.463 e. The summed E-state index contributed by atoms with van der Waals surface area (Å²) in [6.45, 7) is 2.16. The molecular weight excluding hydrogens is 344 g/mol. The monoisotopic (exact) mass is 374 g/mol. The van der Waals surface area contributed by atoms with Gasteiger partial charge in [0, 0.05) is 18.7 Å². The lowest BCUT2D eigenvalue weighted by atomic mass is 10.0. The van der Waals surface area contributed by atoms with Crippen LogP contribution in [0.3, 0.4) is 0 Å². The van der Waals surface area contributed by atoms with Crippen molar-refractivity contribution < 1.29 is 14.3 Å². The van der Waals surface area contributed by atoms with E-state index in [1.807, 2.05) is 0 Å². The number of nitrogens with zero attached hydrogens (tertiary/aromatic N) is 3. The molecule has 7 nitrogen and oxygen atoms in total. The van der Waals surface area contributed by atoms with Crippen LogP contribution in [0.2, 0.25) is 0 Å². The molecule has 1 saturated heterocycles. The highest BCUT2D eigenvalue weighted by Crippen LogP contribution is 2.34. The lowest BCUT2D eigenvalue weighted by Crippen LogP contribution is -2.28. The van der Waals surface area contributed by atoms with Gasteiger partial charge in [0.15, 0.2) is 0 Å². The number of rotatable bonds is 9. The fourth-order valence-electron chi connectivity index (χ4n) is 3.92. The molecule has 3 heterocycles. The topological polar surface area (TPSA) is 90.6 Å². The Hall–Kier alpha value is -1.89. The van der Waals surface area contributed by atoms with Crippen LogP contribution in [0, 0.1) is 5.92 Å². The number of unbranched alkanes of at least 4 members (excludes halogenated alkanes) is 1. The molecule has 1 aromatic rings. The predicted molar refractivity (Wildman–Crippen MR) is 103 cm³/mol. The van der Waals surface area contributed by atoms with Crippen LogP contribution in [0.25, 0.3) is 0 Å². The van der Waals surface area contributed by atoms with Crippen LogP contribution in [0.5, 0.6) is 6.01 Å². The minimum absolute atomic E-state index is 0.0510. The number of amides is 1. The number of nitrogen functional groups attached to an aromatic ring is 1. The Morgan fingerprint density at radius 2 is 2.04 bits per heavy atom. The SMILES string of the molecule is Nc1nc(OCCC2CC2)nc2c1CC(=O)N2CCCCC1CCCCO1. The Morgan fingerprint density at radius 1 is 1.15 bits per heavy atom. The van der Waals surface area contributed by atoms with Crippen molar-refractivity contribution in [3.05, 3.63) is 5.56 Å². The first kappa shape index (κ1) is 18.5. The van der Waals surface area contributed by atoms with Gasteiger partial charge in [-0.2, -0.15) is 9.97 Å². The summed E-state index contributed by atoms with van der Waals surface area (Å²) in [5.41, 5.74) is 6.81. The number of fused-ring (bicyclic) bond motifs is 1. The summed E-state index contributed by atoms with van der Waals surface area (Å²) in [4.78, 5) is 22.9. The first-order valence-electron chi connectivity index (χ1n) is 10.4. The first-order valence-corrected chi connectivity index (χ1v) is 10.4. The van der Waals surface area contributed by atoms with Crippen molar-refractivity contribution in [2.45, 2.75) is 70.3 Å². The predicted octanol–water partition coefficient (Wildman–Crippen LogP) is 2.87. The summed E-state index contributed by atoms with van der Waals surface area (Å²) in [5, 5.41) is 0. The fourth-order valence-corrected chi connectivity index (χ4v) is 3.92. The van der Waals surface area contributed by atoms with E-state index in [9.17, 15) is 4.79 Å². The van der Waals surface area contributed by atoms with Gasteiger partial charge in [-0.3, -0.25) is 9.69 Å². The molecule has 1 saturated carbocycles. The van der Waals surface area contributed by atoms with E-state index in [4.69, 9.17) is 15.2 Å². The van der Waals surface area contributed by atoms with Gasteiger partial charge in [-0.1, -0.05) is 12.8 Å². The van der Waals surface area contributed by atoms with Crippen molar-refractivity contribution in [2.75, 3.05) is 30.4 Å². The Bertz CT molecular complexity index is 671. The average Bonchev–Trinajstić information content (AvgIpc) is 3.43. The van der Waals surface area contributed by atoms with E-state index in [0.29, 0.717) is 36.9 Å². The second-order valence-electron chi connectivity index (χ2n) is 7.98. The van der Waals surface area contributed by atoms with Crippen molar-refractivity contribution >= 4 is 17.5 Å². The molecular formula is C20H30N4O3. The first-order chi connectivity index (χ1) is 13.2. The zero-order chi connectivity index (χ0) is 18.6. The van der Waals surface area contributed by atoms with Crippen molar-refractivity contribution in [3.8, 4) is 6.01 Å². The van der Waals surface area contributed by atoms with Crippen LogP contribution < -0.4 is 15.4 Å². The highest BCUT2D eigenvalue weighted by molar-refractivity contribution is 6.01. The molecule has 1 unspecified atom stereocenters. The third-order valence-corrected chi connectivity index (χ3v) is 5.77. The quantitative estimate of drug-likeness (QED) is 0.669. The summed E-state index contributed by atoms with van der Waals surface area (Å²) in [7, 11) is 0. The van der Waals surface area contributed by atoms with Gasteiger partial charge in [-0.15, -0.1) is 0 Å². The van der Waals surface area contributed by atoms with Gasteiger partial charge in [-0.05, 0) is 50.9 Å². The van der Waals surface area contributed by atoms with Gasteiger partial charge in [0.2, 0.25) is 5.91 Å². The van der Waals surface area contributed by atoms with Crippen LogP contribution >= 0.6 is 0 Å². The molecule has 7 heteroatoms. The van der Waals surface area contributed by atoms with Crippen LogP contribution in [0.15, 0.2) is 0 Å². The van der Waals surface area contributed by atoms with Crippen molar-refractivity contribution in [1.29, 1.82) is 0 Å². The molecule has 148 valence electrons. The van der Waals surface area contributed by atoms with Crippen LogP contribution in [-0.4, -0.2) is 41.7 Å². The van der Waals surface area contributed by atoms with E-state index in [-0.39, 0.29) is 12.3 Å². The van der Waals surface area contributed by atoms with E-state index < -0.39 is 0 Å². The number of hydrogen-bond acceptors (Lipinski definition) is 6. The molecule has 0 aromatic carbocycles. The van der Waals surface area contributed by atoms with E-state index in [2.05, 4.69) is 9.97 Å². The smallest absolute Gasteiger partial charge is 0.320 e. The second-order valence-corrected chi connectivity index (χ2v) is 7.98. The molecule has 2 N–H and O–H groups in total. The summed E-state index contributed by atoms with van der Waals surface area (Å²) in [5.74, 6) is 1.86. The van der Waals surface area contributed by atoms with Gasteiger partial charge in [0.1, 0.15) is 11.6 Å². The van der Waals surface area contributed by atoms with Gasteiger partial charge in [0.05, 0.1) is 19.1 Å². The number of nitrogens with two attached hydrogens (primary N) is 1. The van der Waals surface area contributed by atoms with Crippen LogP contribution in [-0.2, 0) is 16.0 Å². The van der Waals surface area contributed by atoms with Crippen molar-refractivity contribution in [2.24, 2.45) is 5.92 Å². The molecule has 1 atom stereocenters. The van der Waals surface area contributed by atoms with E-state index in [1.165, 1.54) is 25.7 Å². The molecule has 1 aromatic heterocycles. The summed E-state index contributed by atoms with van der Waals surface area (Å²) >= 11 is 0. The normalized spacial score (nSPS) is 22.1. The zero-order valence-corrected chi connectivity index (χ0v) is 16.0. The third kappa shape index (κ3) is 4.69. The number of aromatic nitrogens is 2. The molecule has 0 radical (unpaired) electrons. The maximum absolute atomic E-state index is 12.4. The highest BCUT2D eigenvalue weighted by atomic mass is 16.5. The molecule has 1 amide bonds. The molecule has 0 bridgehead atoms. The second kappa shape index (κ2) is 8.42. The van der Waals surface area contributed by atoms with Gasteiger partial charge >= 0.3 is 6.01 Å². The Balaban J connectivity index is 1.31. The molecule has 2 aliphatic heterocycles. The number of hydrogen-bond donors (Lipinski definition) is 1. The van der Waals surface area contributed by atoms with E-state index >= 15 is 0 Å². The minimum atomic E-state index is 0.0510. The Labute approximate surface area is 160 Å². The van der Waals surface area contributed by atoms with Gasteiger partial charge < -0.3 is 15.2 Å². The number of ether oxygens (including phenoxy) is 2. The molecule has 0 spiro atoms. The summed E-state index contributed by atoms with van der Waals surface area (Å²) < 4.78 is 11.5. The minimum Gasteiger partial charge on any atom is -0.463 e. The lowest BCUT2D eigenvalue weighted by Gasteiger charge is -2.23. The maximum Gasteiger partial charge on any atom is 0.320 e. The molecule has 27 heavy (non-hydrogen) atoms. The third-order valence-electron chi connectivity index (χ3n) is 5.77. The lowest BCUT2D eigenvalue weighted by molar-refractivity contribution is -0.117. The van der Waals surface area contributed by atoms with Crippen LogP contribution in [0.1, 0.15) is 63.4 Å². The van der Waals surface area contributed by atoms with E-state index in [0.717, 1.165) is 50.2 Å². The molecule has 2 fully saturated rings. The fraction of sp³-hybridized carbons (Fsp3) is 0.750. The zero-order valence-electron chi connectivity index (χ0n) is 16.0. The molecule has 1 aliphatic carbocycles. The summed E-state index contributed by atoms with van der Waals surface area (Å²) in [6.07, 6.45) is 11.0. The van der Waals surface area contributed by atoms with E-state index in [1.54, 1.807) is 4.90 Å². The van der Waals surface area contributed by atoms with Crippen LogP contribution in [0.4, 0.5) is 11.6 Å². The number of carbonyl (C=O) groups excluding carboxylic acids is 1. The summed E-state index contributed by atoms with van der Waals surface area (Å²) in [6, 6.07) is 0.294. The van der Waals surface area contributed by atoms with Crippen molar-refractivity contribution in [1.82, 2.24) is 9.97 Å². The number of carbonyl (C=O) groups is 1. The molecule has 3 aliphatic rings. The van der Waals surface area contributed by atoms with Gasteiger partial charge in [0.25, 0.3) is 0 Å². The van der Waals surface area contributed by atoms with Gasteiger partial charge in [-0.25, -0.2) is 0 Å². The Kier molecular flexibility index (Phi) is 5.76. The standard InChI is InChI=1S/C20H30N4O3/c21-18-16-13-17(25)24(10-3-1-5-15-6-2-4-11-26-15)19(16)23-20(22-18)27-12-9-14-7-8-14/h14-15H,1-13H2,(H2,21,22,23). The molecule has 4 rings (SSSR count).